The van der Waals surface area contributed by atoms with Crippen LogP contribution in [0.2, 0.25) is 5.28 Å². The van der Waals surface area contributed by atoms with E-state index in [9.17, 15) is 5.11 Å². The Morgan fingerprint density at radius 2 is 2.17 bits per heavy atom. The van der Waals surface area contributed by atoms with Crippen molar-refractivity contribution >= 4 is 17.5 Å². The lowest BCUT2D eigenvalue weighted by Crippen LogP contribution is -2.30. The third kappa shape index (κ3) is 3.34. The normalized spacial score (nSPS) is 11.6. The van der Waals surface area contributed by atoms with Crippen molar-refractivity contribution in [2.45, 2.75) is 19.4 Å². The average Bonchev–Trinajstić information content (AvgIpc) is 2.78. The van der Waals surface area contributed by atoms with Crippen LogP contribution in [0.4, 0.5) is 5.95 Å². The second-order valence-electron chi connectivity index (χ2n) is 4.23. The maximum atomic E-state index is 9.61. The van der Waals surface area contributed by atoms with Gasteiger partial charge >= 0.3 is 0 Å². The van der Waals surface area contributed by atoms with Gasteiger partial charge in [-0.25, -0.2) is 4.98 Å². The highest BCUT2D eigenvalue weighted by Gasteiger charge is 2.14. The molecule has 0 radical (unpaired) electrons. The van der Waals surface area contributed by atoms with Crippen LogP contribution < -0.4 is 5.32 Å². The Morgan fingerprint density at radius 3 is 2.78 bits per heavy atom. The number of halogens is 1. The van der Waals surface area contributed by atoms with Crippen molar-refractivity contribution in [1.82, 2.24) is 29.7 Å². The van der Waals surface area contributed by atoms with Gasteiger partial charge in [-0.1, -0.05) is 0 Å². The molecule has 96 valence electrons. The van der Waals surface area contributed by atoms with E-state index in [4.69, 9.17) is 11.6 Å². The number of aromatic nitrogens is 6. The van der Waals surface area contributed by atoms with Crippen LogP contribution in [0.1, 0.15) is 13.8 Å². The zero-order valence-corrected chi connectivity index (χ0v) is 10.6. The molecule has 0 aliphatic rings. The van der Waals surface area contributed by atoms with Crippen molar-refractivity contribution in [2.75, 3.05) is 11.9 Å². The zero-order valence-electron chi connectivity index (χ0n) is 9.87. The van der Waals surface area contributed by atoms with Gasteiger partial charge in [0.25, 0.3) is 5.95 Å². The Bertz CT molecular complexity index is 522. The fraction of sp³-hybridized carbons (Fsp3) is 0.444. The highest BCUT2D eigenvalue weighted by Crippen LogP contribution is 2.10. The number of nitrogens with one attached hydrogen (secondary N) is 1. The fourth-order valence-corrected chi connectivity index (χ4v) is 1.28. The molecule has 0 saturated carbocycles. The summed E-state index contributed by atoms with van der Waals surface area (Å²) < 4.78 is 1.36. The maximum Gasteiger partial charge on any atom is 0.258 e. The van der Waals surface area contributed by atoms with Crippen LogP contribution in [0.3, 0.4) is 0 Å². The molecule has 0 aliphatic heterocycles. The summed E-state index contributed by atoms with van der Waals surface area (Å²) in [4.78, 5) is 15.7. The van der Waals surface area contributed by atoms with E-state index in [1.54, 1.807) is 13.8 Å². The first-order valence-electron chi connectivity index (χ1n) is 5.17. The molecular weight excluding hydrogens is 258 g/mol. The van der Waals surface area contributed by atoms with Gasteiger partial charge in [0.05, 0.1) is 5.60 Å². The summed E-state index contributed by atoms with van der Waals surface area (Å²) in [7, 11) is 0. The van der Waals surface area contributed by atoms with Crippen LogP contribution in [0.5, 0.6) is 0 Å². The topological polar surface area (TPSA) is 102 Å². The van der Waals surface area contributed by atoms with Crippen molar-refractivity contribution in [1.29, 1.82) is 0 Å². The fourth-order valence-electron chi connectivity index (χ4n) is 1.13. The molecule has 0 aliphatic carbocycles. The minimum absolute atomic E-state index is 0.0359. The van der Waals surface area contributed by atoms with Gasteiger partial charge in [0.2, 0.25) is 11.2 Å². The predicted molar refractivity (Wildman–Crippen MR) is 64.5 cm³/mol. The third-order valence-corrected chi connectivity index (χ3v) is 2.07. The minimum atomic E-state index is -0.882. The zero-order chi connectivity index (χ0) is 13.2. The lowest BCUT2D eigenvalue weighted by Gasteiger charge is -2.17. The molecule has 2 aromatic heterocycles. The number of hydrogen-bond donors (Lipinski definition) is 2. The summed E-state index contributed by atoms with van der Waals surface area (Å²) in [6, 6.07) is 0. The molecule has 9 heteroatoms. The molecule has 2 aromatic rings. The Morgan fingerprint density at radius 1 is 1.39 bits per heavy atom. The molecule has 0 saturated heterocycles. The second kappa shape index (κ2) is 4.83. The van der Waals surface area contributed by atoms with Crippen LogP contribution >= 0.6 is 11.6 Å². The van der Waals surface area contributed by atoms with Crippen molar-refractivity contribution in [3.05, 3.63) is 17.9 Å². The maximum absolute atomic E-state index is 9.61. The smallest absolute Gasteiger partial charge is 0.258 e. The first kappa shape index (κ1) is 12.7. The van der Waals surface area contributed by atoms with E-state index in [1.165, 1.54) is 17.3 Å². The van der Waals surface area contributed by atoms with Gasteiger partial charge < -0.3 is 10.4 Å². The summed E-state index contributed by atoms with van der Waals surface area (Å²) in [5.74, 6) is 0.522. The Labute approximate surface area is 108 Å². The number of aliphatic hydroxyl groups is 1. The van der Waals surface area contributed by atoms with Crippen LogP contribution in [0, 0.1) is 0 Å². The molecule has 2 rings (SSSR count). The molecule has 8 nitrogen and oxygen atoms in total. The van der Waals surface area contributed by atoms with Gasteiger partial charge in [0, 0.05) is 6.54 Å². The van der Waals surface area contributed by atoms with Gasteiger partial charge in [0.15, 0.2) is 0 Å². The SMILES string of the molecule is CC(C)(O)CNc1nc(Cl)nc(-n2cncn2)n1. The van der Waals surface area contributed by atoms with E-state index in [0.29, 0.717) is 0 Å². The van der Waals surface area contributed by atoms with E-state index < -0.39 is 5.60 Å². The Kier molecular flexibility index (Phi) is 3.39. The highest BCUT2D eigenvalue weighted by molar-refractivity contribution is 6.28. The molecule has 0 amide bonds. The van der Waals surface area contributed by atoms with Crippen LogP contribution in [-0.4, -0.2) is 47.0 Å². The van der Waals surface area contributed by atoms with Crippen LogP contribution in [0.15, 0.2) is 12.7 Å². The van der Waals surface area contributed by atoms with E-state index >= 15 is 0 Å². The molecule has 0 fully saturated rings. The molecule has 0 unspecified atom stereocenters. The summed E-state index contributed by atoms with van der Waals surface area (Å²) in [6.45, 7) is 3.62. The van der Waals surface area contributed by atoms with Gasteiger partial charge in [-0.05, 0) is 25.4 Å². The quantitative estimate of drug-likeness (QED) is 0.822. The largest absolute Gasteiger partial charge is 0.389 e. The number of nitrogens with zero attached hydrogens (tertiary/aromatic N) is 6. The van der Waals surface area contributed by atoms with Crippen LogP contribution in [0.25, 0.3) is 5.95 Å². The van der Waals surface area contributed by atoms with Crippen molar-refractivity contribution < 1.29 is 5.11 Å². The van der Waals surface area contributed by atoms with Gasteiger partial charge in [-0.3, -0.25) is 0 Å². The summed E-state index contributed by atoms with van der Waals surface area (Å²) in [6.07, 6.45) is 2.81. The lowest BCUT2D eigenvalue weighted by molar-refractivity contribution is 0.0943. The van der Waals surface area contributed by atoms with Crippen molar-refractivity contribution in [2.24, 2.45) is 0 Å². The molecule has 0 bridgehead atoms. The predicted octanol–water partition coefficient (Wildman–Crippen LogP) is 0.288. The number of hydrogen-bond acceptors (Lipinski definition) is 7. The average molecular weight is 270 g/mol. The first-order chi connectivity index (χ1) is 8.44. The number of anilines is 1. The summed E-state index contributed by atoms with van der Waals surface area (Å²) in [5.41, 5.74) is -0.882. The van der Waals surface area contributed by atoms with Crippen molar-refractivity contribution in [3.63, 3.8) is 0 Å². The molecular formula is C9H12ClN7O. The molecule has 18 heavy (non-hydrogen) atoms. The van der Waals surface area contributed by atoms with Crippen LogP contribution in [-0.2, 0) is 0 Å². The summed E-state index contributed by atoms with van der Waals surface area (Å²) in [5, 5.41) is 16.4. The minimum Gasteiger partial charge on any atom is -0.389 e. The van der Waals surface area contributed by atoms with E-state index in [-0.39, 0.29) is 23.7 Å². The molecule has 2 heterocycles. The Balaban J connectivity index is 2.22. The second-order valence-corrected chi connectivity index (χ2v) is 4.57. The summed E-state index contributed by atoms with van der Waals surface area (Å²) >= 11 is 5.79. The molecule has 2 N–H and O–H groups in total. The first-order valence-corrected chi connectivity index (χ1v) is 5.55. The monoisotopic (exact) mass is 269 g/mol. The third-order valence-electron chi connectivity index (χ3n) is 1.90. The molecule has 0 spiro atoms. The number of rotatable bonds is 4. The Hall–Kier alpha value is -1.80. The van der Waals surface area contributed by atoms with Gasteiger partial charge in [-0.2, -0.15) is 24.7 Å². The highest BCUT2D eigenvalue weighted by atomic mass is 35.5. The molecule has 0 atom stereocenters. The van der Waals surface area contributed by atoms with E-state index in [0.717, 1.165) is 0 Å². The molecule has 0 aromatic carbocycles. The van der Waals surface area contributed by atoms with E-state index in [2.05, 4.69) is 30.4 Å². The lowest BCUT2D eigenvalue weighted by atomic mass is 10.1. The van der Waals surface area contributed by atoms with E-state index in [1.807, 2.05) is 0 Å². The van der Waals surface area contributed by atoms with Gasteiger partial charge in [-0.15, -0.1) is 0 Å². The van der Waals surface area contributed by atoms with Crippen molar-refractivity contribution in [3.8, 4) is 5.95 Å². The van der Waals surface area contributed by atoms with Gasteiger partial charge in [0.1, 0.15) is 12.7 Å². The standard InChI is InChI=1S/C9H12ClN7O/c1-9(2,18)3-12-7-14-6(10)15-8(16-7)17-5-11-4-13-17/h4-5,18H,3H2,1-2H3,(H,12,14,15,16).